The van der Waals surface area contributed by atoms with Gasteiger partial charge in [0.25, 0.3) is 0 Å². The summed E-state index contributed by atoms with van der Waals surface area (Å²) < 4.78 is 0. The lowest BCUT2D eigenvalue weighted by atomic mass is 9.98. The Labute approximate surface area is 166 Å². The summed E-state index contributed by atoms with van der Waals surface area (Å²) in [6.07, 6.45) is 4.13. The molecule has 2 unspecified atom stereocenters. The van der Waals surface area contributed by atoms with E-state index in [1.54, 1.807) is 0 Å². The standard InChI is InChI=1S/C23H29N3O2/c1-4-16(3)21(26-23(28)25-19-11-8-15(2)9-12-19)22(27)24-20-13-10-17-6-5-7-18(17)14-20/h8-14,16,21H,4-7H2,1-3H3,(H,24,27)(H2,25,26,28). The number of rotatable bonds is 6. The molecule has 2 aromatic carbocycles. The van der Waals surface area contributed by atoms with E-state index < -0.39 is 6.04 Å². The lowest BCUT2D eigenvalue weighted by molar-refractivity contribution is -0.119. The van der Waals surface area contributed by atoms with E-state index in [-0.39, 0.29) is 17.9 Å². The number of benzene rings is 2. The first-order valence-electron chi connectivity index (χ1n) is 10.0. The van der Waals surface area contributed by atoms with Crippen LogP contribution in [0.3, 0.4) is 0 Å². The fourth-order valence-electron chi connectivity index (χ4n) is 3.52. The van der Waals surface area contributed by atoms with Crippen molar-refractivity contribution in [1.29, 1.82) is 0 Å². The van der Waals surface area contributed by atoms with Crippen LogP contribution in [0.4, 0.5) is 16.2 Å². The van der Waals surface area contributed by atoms with Crippen LogP contribution in [0.1, 0.15) is 43.4 Å². The fourth-order valence-corrected chi connectivity index (χ4v) is 3.52. The van der Waals surface area contributed by atoms with E-state index in [1.807, 2.05) is 51.1 Å². The Morgan fingerprint density at radius 3 is 2.36 bits per heavy atom. The molecule has 0 heterocycles. The summed E-state index contributed by atoms with van der Waals surface area (Å²) in [6.45, 7) is 5.98. The van der Waals surface area contributed by atoms with Gasteiger partial charge in [0.1, 0.15) is 6.04 Å². The second kappa shape index (κ2) is 8.91. The Bertz CT molecular complexity index is 845. The van der Waals surface area contributed by atoms with Gasteiger partial charge in [0.05, 0.1) is 0 Å². The predicted octanol–water partition coefficient (Wildman–Crippen LogP) is 4.66. The topological polar surface area (TPSA) is 70.2 Å². The molecule has 0 spiro atoms. The highest BCUT2D eigenvalue weighted by molar-refractivity contribution is 5.99. The molecule has 1 aliphatic carbocycles. The molecule has 1 aliphatic rings. The zero-order chi connectivity index (χ0) is 20.1. The fraction of sp³-hybridized carbons (Fsp3) is 0.391. The minimum Gasteiger partial charge on any atom is -0.326 e. The predicted molar refractivity (Wildman–Crippen MR) is 114 cm³/mol. The van der Waals surface area contributed by atoms with Gasteiger partial charge in [0.15, 0.2) is 0 Å². The van der Waals surface area contributed by atoms with Crippen LogP contribution in [0.15, 0.2) is 42.5 Å². The lowest BCUT2D eigenvalue weighted by Crippen LogP contribution is -2.49. The molecule has 0 bridgehead atoms. The molecule has 148 valence electrons. The van der Waals surface area contributed by atoms with Crippen molar-refractivity contribution in [3.05, 3.63) is 59.2 Å². The third-order valence-corrected chi connectivity index (χ3v) is 5.46. The summed E-state index contributed by atoms with van der Waals surface area (Å²) in [5.74, 6) is -0.176. The van der Waals surface area contributed by atoms with Crippen LogP contribution in [-0.4, -0.2) is 18.0 Å². The SMILES string of the molecule is CCC(C)C(NC(=O)Nc1ccc(C)cc1)C(=O)Nc1ccc2c(c1)CCC2. The van der Waals surface area contributed by atoms with Crippen LogP contribution < -0.4 is 16.0 Å². The first-order chi connectivity index (χ1) is 13.5. The second-order valence-electron chi connectivity index (χ2n) is 7.65. The number of urea groups is 1. The van der Waals surface area contributed by atoms with E-state index in [0.29, 0.717) is 5.69 Å². The first-order valence-corrected chi connectivity index (χ1v) is 10.0. The van der Waals surface area contributed by atoms with Gasteiger partial charge >= 0.3 is 6.03 Å². The smallest absolute Gasteiger partial charge is 0.319 e. The van der Waals surface area contributed by atoms with Crippen LogP contribution in [0, 0.1) is 12.8 Å². The largest absolute Gasteiger partial charge is 0.326 e. The normalized spacial score (nSPS) is 14.7. The van der Waals surface area contributed by atoms with Crippen LogP contribution >= 0.6 is 0 Å². The third-order valence-electron chi connectivity index (χ3n) is 5.46. The zero-order valence-electron chi connectivity index (χ0n) is 16.8. The molecule has 0 radical (unpaired) electrons. The Kier molecular flexibility index (Phi) is 6.34. The Hall–Kier alpha value is -2.82. The maximum absolute atomic E-state index is 12.9. The Morgan fingerprint density at radius 1 is 0.964 bits per heavy atom. The van der Waals surface area contributed by atoms with Crippen LogP contribution in [0.25, 0.3) is 0 Å². The third kappa shape index (κ3) is 4.91. The highest BCUT2D eigenvalue weighted by Crippen LogP contribution is 2.25. The van der Waals surface area contributed by atoms with Crippen molar-refractivity contribution >= 4 is 23.3 Å². The van der Waals surface area contributed by atoms with Gasteiger partial charge in [0, 0.05) is 11.4 Å². The molecular formula is C23H29N3O2. The lowest BCUT2D eigenvalue weighted by Gasteiger charge is -2.24. The van der Waals surface area contributed by atoms with Crippen LogP contribution in [0.2, 0.25) is 0 Å². The Balaban J connectivity index is 1.66. The molecule has 2 atom stereocenters. The van der Waals surface area contributed by atoms with E-state index in [2.05, 4.69) is 28.1 Å². The number of amides is 3. The van der Waals surface area contributed by atoms with Gasteiger partial charge in [-0.05, 0) is 67.5 Å². The van der Waals surface area contributed by atoms with Crippen molar-refractivity contribution in [3.63, 3.8) is 0 Å². The van der Waals surface area contributed by atoms with E-state index >= 15 is 0 Å². The van der Waals surface area contributed by atoms with Gasteiger partial charge in [-0.3, -0.25) is 4.79 Å². The number of carbonyl (C=O) groups is 2. The highest BCUT2D eigenvalue weighted by Gasteiger charge is 2.26. The van der Waals surface area contributed by atoms with Gasteiger partial charge in [-0.25, -0.2) is 4.79 Å². The molecule has 28 heavy (non-hydrogen) atoms. The van der Waals surface area contributed by atoms with Gasteiger partial charge in [-0.2, -0.15) is 0 Å². The Morgan fingerprint density at radius 2 is 1.64 bits per heavy atom. The maximum Gasteiger partial charge on any atom is 0.319 e. The van der Waals surface area contributed by atoms with Gasteiger partial charge in [-0.15, -0.1) is 0 Å². The van der Waals surface area contributed by atoms with Crippen molar-refractivity contribution in [2.75, 3.05) is 10.6 Å². The molecule has 3 rings (SSSR count). The summed E-state index contributed by atoms with van der Waals surface area (Å²) in [6, 6.07) is 12.7. The number of hydrogen-bond acceptors (Lipinski definition) is 2. The molecule has 5 nitrogen and oxygen atoms in total. The molecule has 3 amide bonds. The minimum atomic E-state index is -0.608. The quantitative estimate of drug-likeness (QED) is 0.683. The molecule has 0 aromatic heterocycles. The number of hydrogen-bond donors (Lipinski definition) is 3. The zero-order valence-corrected chi connectivity index (χ0v) is 16.8. The molecule has 0 saturated carbocycles. The van der Waals surface area contributed by atoms with E-state index in [4.69, 9.17) is 0 Å². The number of aryl methyl sites for hydroxylation is 3. The molecule has 5 heteroatoms. The maximum atomic E-state index is 12.9. The average molecular weight is 380 g/mol. The average Bonchev–Trinajstić information content (AvgIpc) is 3.15. The van der Waals surface area contributed by atoms with E-state index in [9.17, 15) is 9.59 Å². The highest BCUT2D eigenvalue weighted by atomic mass is 16.2. The van der Waals surface area contributed by atoms with Crippen LogP contribution in [-0.2, 0) is 17.6 Å². The second-order valence-corrected chi connectivity index (χ2v) is 7.65. The molecule has 0 aliphatic heterocycles. The van der Waals surface area contributed by atoms with E-state index in [0.717, 1.165) is 30.5 Å². The minimum absolute atomic E-state index is 0.0122. The monoisotopic (exact) mass is 379 g/mol. The summed E-state index contributed by atoms with van der Waals surface area (Å²) in [7, 11) is 0. The number of carbonyl (C=O) groups excluding carboxylic acids is 2. The summed E-state index contributed by atoms with van der Waals surface area (Å²) in [4.78, 5) is 25.3. The van der Waals surface area contributed by atoms with Crippen molar-refractivity contribution in [2.24, 2.45) is 5.92 Å². The molecular weight excluding hydrogens is 350 g/mol. The van der Waals surface area contributed by atoms with Crippen LogP contribution in [0.5, 0.6) is 0 Å². The summed E-state index contributed by atoms with van der Waals surface area (Å²) >= 11 is 0. The molecule has 2 aromatic rings. The molecule has 3 N–H and O–H groups in total. The number of fused-ring (bicyclic) bond motifs is 1. The van der Waals surface area contributed by atoms with Gasteiger partial charge < -0.3 is 16.0 Å². The molecule has 0 fully saturated rings. The van der Waals surface area contributed by atoms with Gasteiger partial charge in [0.2, 0.25) is 5.91 Å². The number of anilines is 2. The van der Waals surface area contributed by atoms with Crippen molar-refractivity contribution < 1.29 is 9.59 Å². The van der Waals surface area contributed by atoms with Crippen molar-refractivity contribution in [3.8, 4) is 0 Å². The first kappa shape index (κ1) is 19.9. The van der Waals surface area contributed by atoms with Gasteiger partial charge in [-0.1, -0.05) is 44.0 Å². The summed E-state index contributed by atoms with van der Waals surface area (Å²) in [5, 5.41) is 8.62. The summed E-state index contributed by atoms with van der Waals surface area (Å²) in [5.41, 5.74) is 5.29. The van der Waals surface area contributed by atoms with Crippen molar-refractivity contribution in [2.45, 2.75) is 52.5 Å². The molecule has 0 saturated heterocycles. The number of nitrogens with one attached hydrogen (secondary N) is 3. The van der Waals surface area contributed by atoms with E-state index in [1.165, 1.54) is 17.5 Å². The van der Waals surface area contributed by atoms with Crippen molar-refractivity contribution in [1.82, 2.24) is 5.32 Å².